The van der Waals surface area contributed by atoms with E-state index in [0.717, 1.165) is 25.7 Å². The molecule has 0 spiro atoms. The zero-order valence-electron chi connectivity index (χ0n) is 15.7. The number of nitrogens with one attached hydrogen (secondary N) is 3. The van der Waals surface area contributed by atoms with Crippen molar-refractivity contribution < 1.29 is 14.4 Å². The van der Waals surface area contributed by atoms with Crippen LogP contribution in [0.4, 0.5) is 4.79 Å². The molecule has 7 heteroatoms. The largest absolute Gasteiger partial charge is 0.354 e. The second-order valence-electron chi connectivity index (χ2n) is 7.63. The van der Waals surface area contributed by atoms with Crippen molar-refractivity contribution >= 4 is 17.8 Å². The molecule has 1 unspecified atom stereocenters. The number of fused-ring (bicyclic) bond motifs is 2. The van der Waals surface area contributed by atoms with Gasteiger partial charge in [-0.3, -0.25) is 9.59 Å². The Morgan fingerprint density at radius 3 is 2.27 bits per heavy atom. The van der Waals surface area contributed by atoms with Gasteiger partial charge in [-0.25, -0.2) is 4.79 Å². The standard InChI is InChI=1S/C19H30N4O3/c1-5-9-20-18(26)22-19(3,4)17(25)21-12-13-10-14-7-8-15(11-13)23(14)16(24)6-2/h5-6,13-15H,1-2,7-12H2,3-4H3,(H,21,25)(H2,20,22,26)/t13?,14-,15+. The van der Waals surface area contributed by atoms with Gasteiger partial charge in [0.05, 0.1) is 0 Å². The lowest BCUT2D eigenvalue weighted by Gasteiger charge is -2.38. The van der Waals surface area contributed by atoms with Crippen molar-refractivity contribution in [3.8, 4) is 0 Å². The highest BCUT2D eigenvalue weighted by molar-refractivity contribution is 5.90. The van der Waals surface area contributed by atoms with Gasteiger partial charge in [-0.2, -0.15) is 0 Å². The average Bonchev–Trinajstić information content (AvgIpc) is 2.87. The molecule has 0 aromatic carbocycles. The quantitative estimate of drug-likeness (QED) is 0.471. The van der Waals surface area contributed by atoms with Crippen LogP contribution in [0.3, 0.4) is 0 Å². The summed E-state index contributed by atoms with van der Waals surface area (Å²) in [6.45, 7) is 11.4. The van der Waals surface area contributed by atoms with Gasteiger partial charge in [-0.1, -0.05) is 12.7 Å². The molecule has 2 rings (SSSR count). The van der Waals surface area contributed by atoms with E-state index >= 15 is 0 Å². The summed E-state index contributed by atoms with van der Waals surface area (Å²) in [5, 5.41) is 8.22. The van der Waals surface area contributed by atoms with Crippen LogP contribution in [0.1, 0.15) is 39.5 Å². The van der Waals surface area contributed by atoms with Crippen LogP contribution in [0, 0.1) is 5.92 Å². The number of hydrogen-bond donors (Lipinski definition) is 3. The van der Waals surface area contributed by atoms with E-state index in [9.17, 15) is 14.4 Å². The van der Waals surface area contributed by atoms with Gasteiger partial charge in [-0.15, -0.1) is 6.58 Å². The van der Waals surface area contributed by atoms with Crippen LogP contribution in [0.2, 0.25) is 0 Å². The third kappa shape index (κ3) is 4.65. The Morgan fingerprint density at radius 2 is 1.73 bits per heavy atom. The summed E-state index contributed by atoms with van der Waals surface area (Å²) in [7, 11) is 0. The molecule has 0 radical (unpaired) electrons. The highest BCUT2D eigenvalue weighted by Crippen LogP contribution is 2.38. The molecule has 0 aliphatic carbocycles. The number of piperidine rings is 1. The minimum absolute atomic E-state index is 0.0101. The van der Waals surface area contributed by atoms with E-state index in [1.54, 1.807) is 19.9 Å². The summed E-state index contributed by atoms with van der Waals surface area (Å²) in [5.41, 5.74) is -1.01. The predicted molar refractivity (Wildman–Crippen MR) is 100 cm³/mol. The van der Waals surface area contributed by atoms with Crippen molar-refractivity contribution in [1.82, 2.24) is 20.9 Å². The van der Waals surface area contributed by atoms with Crippen LogP contribution in [0.15, 0.2) is 25.3 Å². The molecule has 0 aromatic rings. The maximum atomic E-state index is 12.5. The van der Waals surface area contributed by atoms with Crippen molar-refractivity contribution in [2.75, 3.05) is 13.1 Å². The van der Waals surface area contributed by atoms with Gasteiger partial charge in [0.25, 0.3) is 0 Å². The molecule has 3 N–H and O–H groups in total. The summed E-state index contributed by atoms with van der Waals surface area (Å²) in [5.74, 6) is 0.134. The van der Waals surface area contributed by atoms with Crippen LogP contribution in [-0.4, -0.2) is 53.5 Å². The van der Waals surface area contributed by atoms with Crippen LogP contribution >= 0.6 is 0 Å². The van der Waals surface area contributed by atoms with Gasteiger partial charge in [0, 0.05) is 25.2 Å². The number of hydrogen-bond acceptors (Lipinski definition) is 3. The fraction of sp³-hybridized carbons (Fsp3) is 0.632. The van der Waals surface area contributed by atoms with E-state index in [0.29, 0.717) is 19.0 Å². The monoisotopic (exact) mass is 362 g/mol. The van der Waals surface area contributed by atoms with Crippen molar-refractivity contribution in [3.05, 3.63) is 25.3 Å². The Bertz CT molecular complexity index is 573. The topological polar surface area (TPSA) is 90.5 Å². The second-order valence-corrected chi connectivity index (χ2v) is 7.63. The van der Waals surface area contributed by atoms with Gasteiger partial charge in [-0.05, 0) is 51.5 Å². The van der Waals surface area contributed by atoms with Crippen LogP contribution in [-0.2, 0) is 9.59 Å². The number of nitrogens with zero attached hydrogens (tertiary/aromatic N) is 1. The van der Waals surface area contributed by atoms with Gasteiger partial charge in [0.2, 0.25) is 11.8 Å². The first-order chi connectivity index (χ1) is 12.3. The highest BCUT2D eigenvalue weighted by atomic mass is 16.2. The Morgan fingerprint density at radius 1 is 1.12 bits per heavy atom. The minimum atomic E-state index is -1.01. The molecule has 2 aliphatic heterocycles. The SMILES string of the molecule is C=CCNC(=O)NC(C)(C)C(=O)NCC1C[C@H]2CC[C@@H](C1)N2C(=O)C=C. The van der Waals surface area contributed by atoms with E-state index in [-0.39, 0.29) is 23.9 Å². The molecule has 0 aromatic heterocycles. The summed E-state index contributed by atoms with van der Waals surface area (Å²) in [4.78, 5) is 38.2. The summed E-state index contributed by atoms with van der Waals surface area (Å²) >= 11 is 0. The smallest absolute Gasteiger partial charge is 0.315 e. The zero-order valence-corrected chi connectivity index (χ0v) is 15.7. The lowest BCUT2D eigenvalue weighted by molar-refractivity contribution is -0.131. The Balaban J connectivity index is 1.83. The van der Waals surface area contributed by atoms with E-state index < -0.39 is 11.6 Å². The van der Waals surface area contributed by atoms with Gasteiger partial charge in [0.1, 0.15) is 5.54 Å². The fourth-order valence-corrected chi connectivity index (χ4v) is 3.93. The first-order valence-electron chi connectivity index (χ1n) is 9.18. The molecule has 2 bridgehead atoms. The summed E-state index contributed by atoms with van der Waals surface area (Å²) in [6.07, 6.45) is 6.79. The molecule has 2 heterocycles. The second kappa shape index (κ2) is 8.38. The van der Waals surface area contributed by atoms with E-state index in [1.807, 2.05) is 4.90 Å². The van der Waals surface area contributed by atoms with Crippen LogP contribution < -0.4 is 16.0 Å². The summed E-state index contributed by atoms with van der Waals surface area (Å²) < 4.78 is 0. The van der Waals surface area contributed by atoms with Gasteiger partial charge >= 0.3 is 6.03 Å². The molecular formula is C19H30N4O3. The molecule has 2 saturated heterocycles. The van der Waals surface area contributed by atoms with Crippen molar-refractivity contribution in [2.45, 2.75) is 57.2 Å². The Hall–Kier alpha value is -2.31. The minimum Gasteiger partial charge on any atom is -0.354 e. The van der Waals surface area contributed by atoms with Crippen LogP contribution in [0.5, 0.6) is 0 Å². The molecular weight excluding hydrogens is 332 g/mol. The normalized spacial score (nSPS) is 24.5. The first kappa shape index (κ1) is 20.0. The molecule has 0 saturated carbocycles. The maximum absolute atomic E-state index is 12.5. The molecule has 3 atom stereocenters. The number of urea groups is 1. The van der Waals surface area contributed by atoms with Crippen molar-refractivity contribution in [3.63, 3.8) is 0 Å². The lowest BCUT2D eigenvalue weighted by atomic mass is 9.90. The van der Waals surface area contributed by atoms with E-state index in [2.05, 4.69) is 29.1 Å². The molecule has 4 amide bonds. The zero-order chi connectivity index (χ0) is 19.3. The fourth-order valence-electron chi connectivity index (χ4n) is 3.93. The van der Waals surface area contributed by atoms with Gasteiger partial charge < -0.3 is 20.9 Å². The number of carbonyl (C=O) groups excluding carboxylic acids is 3. The Kier molecular flexibility index (Phi) is 6.45. The number of amides is 4. The van der Waals surface area contributed by atoms with Crippen molar-refractivity contribution in [1.29, 1.82) is 0 Å². The van der Waals surface area contributed by atoms with E-state index in [4.69, 9.17) is 0 Å². The molecule has 2 fully saturated rings. The van der Waals surface area contributed by atoms with E-state index in [1.165, 1.54) is 6.08 Å². The molecule has 7 nitrogen and oxygen atoms in total. The third-order valence-electron chi connectivity index (χ3n) is 5.21. The lowest BCUT2D eigenvalue weighted by Crippen LogP contribution is -2.58. The molecule has 26 heavy (non-hydrogen) atoms. The molecule has 2 aliphatic rings. The third-order valence-corrected chi connectivity index (χ3v) is 5.21. The van der Waals surface area contributed by atoms with Gasteiger partial charge in [0.15, 0.2) is 0 Å². The average molecular weight is 362 g/mol. The van der Waals surface area contributed by atoms with Crippen molar-refractivity contribution in [2.24, 2.45) is 5.92 Å². The number of rotatable bonds is 7. The first-order valence-corrected chi connectivity index (χ1v) is 9.18. The molecule has 144 valence electrons. The number of carbonyl (C=O) groups is 3. The summed E-state index contributed by atoms with van der Waals surface area (Å²) in [6, 6.07) is 0.0910. The highest BCUT2D eigenvalue weighted by Gasteiger charge is 2.42. The van der Waals surface area contributed by atoms with Crippen LogP contribution in [0.25, 0.3) is 0 Å². The maximum Gasteiger partial charge on any atom is 0.315 e. The predicted octanol–water partition coefficient (Wildman–Crippen LogP) is 1.32. The Labute approximate surface area is 155 Å².